The molecule has 2 aromatic heterocycles. The van der Waals surface area contributed by atoms with Gasteiger partial charge in [-0.3, -0.25) is 10.1 Å². The first-order valence-corrected chi connectivity index (χ1v) is 9.16. The topological polar surface area (TPSA) is 135 Å². The van der Waals surface area contributed by atoms with Crippen molar-refractivity contribution < 1.29 is 23.7 Å². The summed E-state index contributed by atoms with van der Waals surface area (Å²) in [4.78, 5) is 26.9. The van der Waals surface area contributed by atoms with E-state index in [9.17, 15) is 14.9 Å². The fourth-order valence-corrected chi connectivity index (χ4v) is 2.42. The standard InChI is InChI=1S/C19H21N5O6/c1-5-28-17(25)16-14(29-11-15-20-18(22-30-15)19(2,3)4)10-23(21-16)12-6-8-13(9-7-12)24(26)27/h6-10H,5,11H2,1-4H3. The van der Waals surface area contributed by atoms with Gasteiger partial charge in [-0.25, -0.2) is 9.48 Å². The van der Waals surface area contributed by atoms with Crippen LogP contribution in [0.4, 0.5) is 5.69 Å². The minimum absolute atomic E-state index is 0.0363. The molecule has 158 valence electrons. The summed E-state index contributed by atoms with van der Waals surface area (Å²) in [5.74, 6) is 0.280. The fourth-order valence-electron chi connectivity index (χ4n) is 2.42. The Morgan fingerprint density at radius 3 is 2.53 bits per heavy atom. The molecule has 0 amide bonds. The summed E-state index contributed by atoms with van der Waals surface area (Å²) < 4.78 is 17.3. The minimum atomic E-state index is -0.658. The first-order valence-electron chi connectivity index (χ1n) is 9.16. The number of benzene rings is 1. The van der Waals surface area contributed by atoms with Crippen molar-refractivity contribution in [2.24, 2.45) is 0 Å². The summed E-state index contributed by atoms with van der Waals surface area (Å²) >= 11 is 0. The van der Waals surface area contributed by atoms with Crippen LogP contribution >= 0.6 is 0 Å². The second-order valence-electron chi connectivity index (χ2n) is 7.33. The quantitative estimate of drug-likeness (QED) is 0.323. The van der Waals surface area contributed by atoms with Gasteiger partial charge in [-0.1, -0.05) is 25.9 Å². The van der Waals surface area contributed by atoms with E-state index in [2.05, 4.69) is 15.2 Å². The van der Waals surface area contributed by atoms with Gasteiger partial charge in [0.15, 0.2) is 18.2 Å². The highest BCUT2D eigenvalue weighted by Crippen LogP contribution is 2.24. The molecule has 2 heterocycles. The van der Waals surface area contributed by atoms with Crippen molar-refractivity contribution in [1.29, 1.82) is 0 Å². The molecule has 11 nitrogen and oxygen atoms in total. The van der Waals surface area contributed by atoms with Gasteiger partial charge in [0.25, 0.3) is 11.6 Å². The highest BCUT2D eigenvalue weighted by Gasteiger charge is 2.23. The Balaban J connectivity index is 1.85. The van der Waals surface area contributed by atoms with E-state index < -0.39 is 10.9 Å². The molecule has 0 radical (unpaired) electrons. The number of hydrogen-bond donors (Lipinski definition) is 0. The summed E-state index contributed by atoms with van der Waals surface area (Å²) in [6, 6.07) is 5.71. The van der Waals surface area contributed by atoms with Crippen molar-refractivity contribution >= 4 is 11.7 Å². The first-order chi connectivity index (χ1) is 14.2. The minimum Gasteiger partial charge on any atom is -0.479 e. The third-order valence-corrected chi connectivity index (χ3v) is 3.96. The summed E-state index contributed by atoms with van der Waals surface area (Å²) in [5, 5.41) is 19.0. The Labute approximate surface area is 171 Å². The Morgan fingerprint density at radius 1 is 1.27 bits per heavy atom. The smallest absolute Gasteiger partial charge is 0.362 e. The van der Waals surface area contributed by atoms with Gasteiger partial charge in [-0.05, 0) is 19.1 Å². The summed E-state index contributed by atoms with van der Waals surface area (Å²) in [5.41, 5.74) is 0.136. The zero-order valence-corrected chi connectivity index (χ0v) is 17.0. The van der Waals surface area contributed by atoms with E-state index in [0.29, 0.717) is 11.5 Å². The van der Waals surface area contributed by atoms with Gasteiger partial charge in [-0.2, -0.15) is 10.1 Å². The number of non-ortho nitro benzene ring substituents is 1. The molecule has 0 aliphatic carbocycles. The van der Waals surface area contributed by atoms with Crippen LogP contribution in [0.1, 0.15) is 49.9 Å². The Morgan fingerprint density at radius 2 is 1.97 bits per heavy atom. The molecule has 3 aromatic rings. The summed E-state index contributed by atoms with van der Waals surface area (Å²) in [6.45, 7) is 7.64. The maximum Gasteiger partial charge on any atom is 0.362 e. The Kier molecular flexibility index (Phi) is 5.81. The lowest BCUT2D eigenvalue weighted by atomic mass is 9.96. The van der Waals surface area contributed by atoms with E-state index in [-0.39, 0.29) is 41.7 Å². The molecule has 0 saturated carbocycles. The predicted octanol–water partition coefficient (Wildman–Crippen LogP) is 3.22. The molecular weight excluding hydrogens is 394 g/mol. The number of carbonyl (C=O) groups is 1. The number of nitro groups is 1. The van der Waals surface area contributed by atoms with E-state index in [1.807, 2.05) is 20.8 Å². The third-order valence-electron chi connectivity index (χ3n) is 3.96. The molecule has 3 rings (SSSR count). The number of hydrogen-bond acceptors (Lipinski definition) is 9. The second kappa shape index (κ2) is 8.31. The molecule has 11 heteroatoms. The van der Waals surface area contributed by atoms with Crippen molar-refractivity contribution in [3.63, 3.8) is 0 Å². The van der Waals surface area contributed by atoms with Gasteiger partial charge in [0.2, 0.25) is 5.69 Å². The molecule has 0 N–H and O–H groups in total. The maximum absolute atomic E-state index is 12.3. The largest absolute Gasteiger partial charge is 0.479 e. The Bertz CT molecular complexity index is 1050. The molecule has 0 fully saturated rings. The van der Waals surface area contributed by atoms with Gasteiger partial charge in [0, 0.05) is 17.5 Å². The number of ether oxygens (including phenoxy) is 2. The van der Waals surface area contributed by atoms with E-state index in [1.54, 1.807) is 6.92 Å². The SMILES string of the molecule is CCOC(=O)c1nn(-c2ccc([N+](=O)[O-])cc2)cc1OCc1nc(C(C)(C)C)no1. The van der Waals surface area contributed by atoms with Crippen LogP contribution in [0.15, 0.2) is 35.0 Å². The first kappa shape index (κ1) is 21.0. The highest BCUT2D eigenvalue weighted by atomic mass is 16.6. The van der Waals surface area contributed by atoms with E-state index in [0.717, 1.165) is 0 Å². The van der Waals surface area contributed by atoms with Crippen molar-refractivity contribution in [3.05, 3.63) is 58.0 Å². The van der Waals surface area contributed by atoms with Crippen LogP contribution in [0.3, 0.4) is 0 Å². The van der Waals surface area contributed by atoms with Crippen LogP contribution in [-0.4, -0.2) is 37.4 Å². The van der Waals surface area contributed by atoms with Crippen LogP contribution in [-0.2, 0) is 16.8 Å². The number of rotatable bonds is 7. The maximum atomic E-state index is 12.3. The number of aromatic nitrogens is 4. The van der Waals surface area contributed by atoms with Gasteiger partial charge in [0.1, 0.15) is 0 Å². The van der Waals surface area contributed by atoms with Gasteiger partial charge in [-0.15, -0.1) is 0 Å². The number of nitro benzene ring substituents is 1. The van der Waals surface area contributed by atoms with E-state index in [1.165, 1.54) is 35.1 Å². The molecule has 1 aromatic carbocycles. The van der Waals surface area contributed by atoms with Gasteiger partial charge >= 0.3 is 5.97 Å². The monoisotopic (exact) mass is 415 g/mol. The molecule has 30 heavy (non-hydrogen) atoms. The van der Waals surface area contributed by atoms with Crippen molar-refractivity contribution in [2.75, 3.05) is 6.61 Å². The number of nitrogens with zero attached hydrogens (tertiary/aromatic N) is 5. The summed E-state index contributed by atoms with van der Waals surface area (Å²) in [7, 11) is 0. The van der Waals surface area contributed by atoms with Crippen molar-refractivity contribution in [2.45, 2.75) is 39.7 Å². The van der Waals surface area contributed by atoms with Crippen LogP contribution < -0.4 is 4.74 Å². The molecule has 0 bridgehead atoms. The fraction of sp³-hybridized carbons (Fsp3) is 0.368. The van der Waals surface area contributed by atoms with E-state index >= 15 is 0 Å². The zero-order valence-electron chi connectivity index (χ0n) is 17.0. The number of esters is 1. The van der Waals surface area contributed by atoms with Crippen molar-refractivity contribution in [1.82, 2.24) is 19.9 Å². The molecule has 0 aliphatic heterocycles. The van der Waals surface area contributed by atoms with Crippen LogP contribution in [0.5, 0.6) is 5.75 Å². The zero-order chi connectivity index (χ0) is 21.9. The average Bonchev–Trinajstić information content (AvgIpc) is 3.34. The molecular formula is C19H21N5O6. The van der Waals surface area contributed by atoms with Crippen LogP contribution in [0.25, 0.3) is 5.69 Å². The molecule has 0 saturated heterocycles. The lowest BCUT2D eigenvalue weighted by Gasteiger charge is -2.10. The van der Waals surface area contributed by atoms with Gasteiger partial charge < -0.3 is 14.0 Å². The highest BCUT2D eigenvalue weighted by molar-refractivity contribution is 5.90. The third kappa shape index (κ3) is 4.62. The lowest BCUT2D eigenvalue weighted by Crippen LogP contribution is -2.13. The number of carbonyl (C=O) groups excluding carboxylic acids is 1. The summed E-state index contributed by atoms with van der Waals surface area (Å²) in [6.07, 6.45) is 1.48. The van der Waals surface area contributed by atoms with E-state index in [4.69, 9.17) is 14.0 Å². The van der Waals surface area contributed by atoms with Crippen LogP contribution in [0.2, 0.25) is 0 Å². The molecule has 0 atom stereocenters. The van der Waals surface area contributed by atoms with Crippen molar-refractivity contribution in [3.8, 4) is 11.4 Å². The second-order valence-corrected chi connectivity index (χ2v) is 7.33. The lowest BCUT2D eigenvalue weighted by molar-refractivity contribution is -0.384. The molecule has 0 aliphatic rings. The molecule has 0 unspecified atom stereocenters. The van der Waals surface area contributed by atoms with Crippen LogP contribution in [0, 0.1) is 10.1 Å². The molecule has 0 spiro atoms. The Hall–Kier alpha value is -3.76. The van der Waals surface area contributed by atoms with Gasteiger partial charge in [0.05, 0.1) is 23.4 Å². The average molecular weight is 415 g/mol. The predicted molar refractivity (Wildman–Crippen MR) is 104 cm³/mol. The normalized spacial score (nSPS) is 11.3.